The molecule has 2 N–H and O–H groups in total. The number of rotatable bonds is 0. The van der Waals surface area contributed by atoms with Gasteiger partial charge in [0.05, 0.1) is 5.69 Å². The first-order valence-electron chi connectivity index (χ1n) is 2.56. The zero-order valence-corrected chi connectivity index (χ0v) is 6.59. The van der Waals surface area contributed by atoms with Crippen molar-refractivity contribution in [2.75, 3.05) is 5.73 Å². The molecule has 0 radical (unpaired) electrons. The van der Waals surface area contributed by atoms with E-state index in [4.69, 9.17) is 11.0 Å². The highest BCUT2D eigenvalue weighted by Gasteiger charge is 1.96. The molecule has 1 aromatic heterocycles. The Labute approximate surface area is 66.6 Å². The second-order valence-electron chi connectivity index (χ2n) is 1.69. The fourth-order valence-corrected chi connectivity index (χ4v) is 0.831. The molecule has 0 bridgehead atoms. The van der Waals surface area contributed by atoms with Gasteiger partial charge in [0.25, 0.3) is 0 Å². The van der Waals surface area contributed by atoms with Crippen LogP contribution < -0.4 is 5.73 Å². The third-order valence-corrected chi connectivity index (χ3v) is 1.63. The molecule has 0 aliphatic rings. The summed E-state index contributed by atoms with van der Waals surface area (Å²) in [6.45, 7) is 0. The number of hydrogen-bond acceptors (Lipinski definition) is 3. The topological polar surface area (TPSA) is 62.7 Å². The molecule has 0 aliphatic heterocycles. The quantitative estimate of drug-likeness (QED) is 0.639. The molecule has 0 saturated carbocycles. The van der Waals surface area contributed by atoms with Gasteiger partial charge in [-0.25, -0.2) is 4.98 Å². The third kappa shape index (κ3) is 1.25. The van der Waals surface area contributed by atoms with Crippen molar-refractivity contribution in [3.63, 3.8) is 0 Å². The molecule has 10 heavy (non-hydrogen) atoms. The largest absolute Gasteiger partial charge is 0.397 e. The lowest BCUT2D eigenvalue weighted by atomic mass is 10.3. The highest BCUT2D eigenvalue weighted by atomic mass is 79.9. The molecule has 0 saturated heterocycles. The lowest BCUT2D eigenvalue weighted by Crippen LogP contribution is -1.90. The highest BCUT2D eigenvalue weighted by molar-refractivity contribution is 9.10. The van der Waals surface area contributed by atoms with Crippen LogP contribution in [-0.4, -0.2) is 4.98 Å². The van der Waals surface area contributed by atoms with E-state index in [-0.39, 0.29) is 0 Å². The van der Waals surface area contributed by atoms with Gasteiger partial charge in [-0.15, -0.1) is 0 Å². The number of nitrogen functional groups attached to an aromatic ring is 1. The fourth-order valence-electron chi connectivity index (χ4n) is 0.507. The molecule has 0 amide bonds. The molecular formula is C6H4BrN3. The van der Waals surface area contributed by atoms with E-state index in [1.54, 1.807) is 12.1 Å². The predicted molar refractivity (Wildman–Crippen MR) is 41.1 cm³/mol. The first-order chi connectivity index (χ1) is 4.74. The number of hydrogen-bond donors (Lipinski definition) is 1. The van der Waals surface area contributed by atoms with E-state index in [0.29, 0.717) is 16.0 Å². The highest BCUT2D eigenvalue weighted by Crippen LogP contribution is 2.15. The summed E-state index contributed by atoms with van der Waals surface area (Å²) >= 11 is 3.10. The molecule has 1 aromatic rings. The maximum Gasteiger partial charge on any atom is 0.141 e. The molecule has 1 heterocycles. The molecule has 0 aromatic carbocycles. The van der Waals surface area contributed by atoms with Crippen LogP contribution in [0, 0.1) is 11.3 Å². The van der Waals surface area contributed by atoms with E-state index in [9.17, 15) is 0 Å². The first kappa shape index (κ1) is 7.03. The SMILES string of the molecule is N#Cc1ccc(N)c(Br)n1. The van der Waals surface area contributed by atoms with Crippen LogP contribution in [0.4, 0.5) is 5.69 Å². The van der Waals surface area contributed by atoms with E-state index in [2.05, 4.69) is 20.9 Å². The maximum atomic E-state index is 8.38. The molecule has 50 valence electrons. The Morgan fingerprint density at radius 2 is 2.30 bits per heavy atom. The van der Waals surface area contributed by atoms with Crippen LogP contribution in [0.3, 0.4) is 0 Å². The lowest BCUT2D eigenvalue weighted by Gasteiger charge is -1.94. The van der Waals surface area contributed by atoms with Gasteiger partial charge < -0.3 is 5.73 Å². The third-order valence-electron chi connectivity index (χ3n) is 0.992. The van der Waals surface area contributed by atoms with Crippen molar-refractivity contribution in [1.29, 1.82) is 5.26 Å². The summed E-state index contributed by atoms with van der Waals surface area (Å²) in [5.41, 5.74) is 6.33. The van der Waals surface area contributed by atoms with Gasteiger partial charge in [0, 0.05) is 0 Å². The van der Waals surface area contributed by atoms with Crippen molar-refractivity contribution >= 4 is 21.6 Å². The number of nitriles is 1. The van der Waals surface area contributed by atoms with Crippen molar-refractivity contribution in [3.8, 4) is 6.07 Å². The number of nitrogens with zero attached hydrogens (tertiary/aromatic N) is 2. The summed E-state index contributed by atoms with van der Waals surface area (Å²) in [5, 5.41) is 8.38. The van der Waals surface area contributed by atoms with E-state index in [1.807, 2.05) is 6.07 Å². The number of halogens is 1. The zero-order chi connectivity index (χ0) is 7.56. The Kier molecular flexibility index (Phi) is 1.88. The van der Waals surface area contributed by atoms with Gasteiger partial charge in [0.1, 0.15) is 16.4 Å². The average Bonchev–Trinajstić information content (AvgIpc) is 1.95. The second-order valence-corrected chi connectivity index (χ2v) is 2.44. The zero-order valence-electron chi connectivity index (χ0n) is 5.00. The maximum absolute atomic E-state index is 8.38. The lowest BCUT2D eigenvalue weighted by molar-refractivity contribution is 1.23. The molecule has 0 fully saturated rings. The van der Waals surface area contributed by atoms with Crippen LogP contribution in [0.15, 0.2) is 16.7 Å². The fraction of sp³-hybridized carbons (Fsp3) is 0. The van der Waals surface area contributed by atoms with E-state index in [0.717, 1.165) is 0 Å². The van der Waals surface area contributed by atoms with Gasteiger partial charge in [-0.05, 0) is 28.1 Å². The van der Waals surface area contributed by atoms with Crippen molar-refractivity contribution in [2.45, 2.75) is 0 Å². The monoisotopic (exact) mass is 197 g/mol. The van der Waals surface area contributed by atoms with Crippen LogP contribution >= 0.6 is 15.9 Å². The minimum Gasteiger partial charge on any atom is -0.397 e. The summed E-state index contributed by atoms with van der Waals surface area (Å²) in [5.74, 6) is 0. The Morgan fingerprint density at radius 3 is 2.80 bits per heavy atom. The Balaban J connectivity index is 3.20. The van der Waals surface area contributed by atoms with Crippen LogP contribution in [0.5, 0.6) is 0 Å². The van der Waals surface area contributed by atoms with E-state index in [1.165, 1.54) is 0 Å². The van der Waals surface area contributed by atoms with Crippen LogP contribution in [0.2, 0.25) is 0 Å². The van der Waals surface area contributed by atoms with Crippen molar-refractivity contribution in [1.82, 2.24) is 4.98 Å². The van der Waals surface area contributed by atoms with Crippen molar-refractivity contribution in [2.24, 2.45) is 0 Å². The van der Waals surface area contributed by atoms with E-state index >= 15 is 0 Å². The summed E-state index contributed by atoms with van der Waals surface area (Å²) in [7, 11) is 0. The van der Waals surface area contributed by atoms with Gasteiger partial charge >= 0.3 is 0 Å². The smallest absolute Gasteiger partial charge is 0.141 e. The molecule has 3 nitrogen and oxygen atoms in total. The molecule has 0 atom stereocenters. The minimum atomic E-state index is 0.362. The summed E-state index contributed by atoms with van der Waals surface area (Å²) in [6, 6.07) is 5.10. The molecule has 0 unspecified atom stereocenters. The van der Waals surface area contributed by atoms with Crippen molar-refractivity contribution < 1.29 is 0 Å². The molecule has 0 spiro atoms. The Hall–Kier alpha value is -1.08. The standard InChI is InChI=1S/C6H4BrN3/c7-6-5(9)2-1-4(3-8)10-6/h1-2H,9H2. The summed E-state index contributed by atoms with van der Waals surface area (Å²) in [4.78, 5) is 3.82. The summed E-state index contributed by atoms with van der Waals surface area (Å²) < 4.78 is 0.520. The average molecular weight is 198 g/mol. The van der Waals surface area contributed by atoms with Gasteiger partial charge in [-0.3, -0.25) is 0 Å². The number of pyridine rings is 1. The van der Waals surface area contributed by atoms with Gasteiger partial charge in [-0.1, -0.05) is 0 Å². The van der Waals surface area contributed by atoms with Gasteiger partial charge in [0.15, 0.2) is 0 Å². The molecule has 0 aliphatic carbocycles. The van der Waals surface area contributed by atoms with Crippen molar-refractivity contribution in [3.05, 3.63) is 22.4 Å². The molecule has 1 rings (SSSR count). The number of aromatic nitrogens is 1. The second kappa shape index (κ2) is 2.67. The molecular weight excluding hydrogens is 194 g/mol. The van der Waals surface area contributed by atoms with Crippen LogP contribution in [-0.2, 0) is 0 Å². The predicted octanol–water partition coefficient (Wildman–Crippen LogP) is 1.30. The number of anilines is 1. The van der Waals surface area contributed by atoms with Crippen LogP contribution in [0.25, 0.3) is 0 Å². The summed E-state index contributed by atoms with van der Waals surface area (Å²) in [6.07, 6.45) is 0. The van der Waals surface area contributed by atoms with Gasteiger partial charge in [-0.2, -0.15) is 5.26 Å². The van der Waals surface area contributed by atoms with E-state index < -0.39 is 0 Å². The van der Waals surface area contributed by atoms with Crippen LogP contribution in [0.1, 0.15) is 5.69 Å². The Bertz CT molecular complexity index is 290. The normalized spacial score (nSPS) is 8.80. The molecule has 4 heteroatoms. The minimum absolute atomic E-state index is 0.362. The van der Waals surface area contributed by atoms with Gasteiger partial charge in [0.2, 0.25) is 0 Å². The first-order valence-corrected chi connectivity index (χ1v) is 3.35. The number of nitrogens with two attached hydrogens (primary N) is 1. The Morgan fingerprint density at radius 1 is 1.60 bits per heavy atom.